The van der Waals surface area contributed by atoms with Crippen molar-refractivity contribution < 1.29 is 9.21 Å². The van der Waals surface area contributed by atoms with Gasteiger partial charge in [0.25, 0.3) is 5.91 Å². The molecule has 2 aromatic heterocycles. The number of nitrogens with zero attached hydrogens (tertiary/aromatic N) is 2. The third-order valence-electron chi connectivity index (χ3n) is 2.62. The van der Waals surface area contributed by atoms with Crippen molar-refractivity contribution in [2.24, 2.45) is 0 Å². The largest absolute Gasteiger partial charge is 0.403 e. The topological polar surface area (TPSA) is 68.0 Å². The monoisotopic (exact) mass is 373 g/mol. The molecule has 5 nitrogen and oxygen atoms in total. The van der Waals surface area contributed by atoms with E-state index < -0.39 is 5.91 Å². The molecule has 0 saturated carbocycles. The maximum absolute atomic E-state index is 12.1. The molecule has 2 heterocycles. The molecule has 22 heavy (non-hydrogen) atoms. The zero-order valence-electron chi connectivity index (χ0n) is 10.6. The van der Waals surface area contributed by atoms with Crippen molar-refractivity contribution in [3.63, 3.8) is 0 Å². The summed E-state index contributed by atoms with van der Waals surface area (Å²) in [6.45, 7) is 0. The van der Waals surface area contributed by atoms with Crippen molar-refractivity contribution in [3.05, 3.63) is 49.6 Å². The van der Waals surface area contributed by atoms with Gasteiger partial charge in [-0.15, -0.1) is 16.4 Å². The quantitative estimate of drug-likeness (QED) is 0.699. The van der Waals surface area contributed by atoms with Crippen LogP contribution in [0.5, 0.6) is 0 Å². The number of nitrogens with one attached hydrogen (secondary N) is 1. The number of carbonyl (C=O) groups is 1. The van der Waals surface area contributed by atoms with Crippen LogP contribution in [-0.2, 0) is 0 Å². The average molecular weight is 375 g/mol. The van der Waals surface area contributed by atoms with Gasteiger partial charge in [-0.1, -0.05) is 46.0 Å². The number of anilines is 1. The molecule has 3 aromatic rings. The summed E-state index contributed by atoms with van der Waals surface area (Å²) >= 11 is 18.7. The van der Waals surface area contributed by atoms with E-state index >= 15 is 0 Å². The Kier molecular flexibility index (Phi) is 4.35. The lowest BCUT2D eigenvalue weighted by Gasteiger charge is -1.98. The zero-order chi connectivity index (χ0) is 15.7. The van der Waals surface area contributed by atoms with Gasteiger partial charge in [0.2, 0.25) is 5.89 Å². The van der Waals surface area contributed by atoms with E-state index in [1.165, 1.54) is 6.07 Å². The Bertz CT molecular complexity index is 847. The van der Waals surface area contributed by atoms with Gasteiger partial charge in [0.15, 0.2) is 0 Å². The predicted molar refractivity (Wildman–Crippen MR) is 87.0 cm³/mol. The molecule has 0 radical (unpaired) electrons. The Balaban J connectivity index is 1.80. The van der Waals surface area contributed by atoms with Crippen LogP contribution in [0.25, 0.3) is 11.5 Å². The first-order valence-corrected chi connectivity index (χ1v) is 7.83. The number of rotatable bonds is 3. The van der Waals surface area contributed by atoms with E-state index in [9.17, 15) is 4.79 Å². The lowest BCUT2D eigenvalue weighted by Crippen LogP contribution is -2.11. The zero-order valence-corrected chi connectivity index (χ0v) is 13.7. The van der Waals surface area contributed by atoms with Crippen LogP contribution in [0.2, 0.25) is 13.7 Å². The Hall–Kier alpha value is -1.60. The van der Waals surface area contributed by atoms with E-state index in [1.54, 1.807) is 24.3 Å². The van der Waals surface area contributed by atoms with Gasteiger partial charge >= 0.3 is 6.01 Å². The van der Waals surface area contributed by atoms with Crippen molar-refractivity contribution in [2.45, 2.75) is 0 Å². The highest BCUT2D eigenvalue weighted by molar-refractivity contribution is 7.20. The molecule has 3 rings (SSSR count). The molecule has 0 spiro atoms. The summed E-state index contributed by atoms with van der Waals surface area (Å²) in [5.41, 5.74) is 0.899. The van der Waals surface area contributed by atoms with Gasteiger partial charge in [0, 0.05) is 10.6 Å². The van der Waals surface area contributed by atoms with Gasteiger partial charge in [-0.05, 0) is 24.3 Å². The molecule has 9 heteroatoms. The number of hydrogen-bond donors (Lipinski definition) is 1. The van der Waals surface area contributed by atoms with Crippen LogP contribution in [0.15, 0.2) is 34.7 Å². The Labute approximate surface area is 143 Å². The molecule has 1 N–H and O–H groups in total. The van der Waals surface area contributed by atoms with E-state index in [0.29, 0.717) is 14.9 Å². The molecular formula is C13H6Cl3N3O2S. The number of halogens is 3. The summed E-state index contributed by atoms with van der Waals surface area (Å²) in [6.07, 6.45) is 0. The van der Waals surface area contributed by atoms with E-state index in [-0.39, 0.29) is 21.8 Å². The average Bonchev–Trinajstić information content (AvgIpc) is 3.05. The SMILES string of the molecule is O=C(Nc1nnc(-c2cccc(Cl)c2)o1)c1cc(Cl)sc1Cl. The maximum atomic E-state index is 12.1. The Morgan fingerprint density at radius 3 is 2.68 bits per heavy atom. The summed E-state index contributed by atoms with van der Waals surface area (Å²) in [5.74, 6) is -0.235. The summed E-state index contributed by atoms with van der Waals surface area (Å²) < 4.78 is 6.08. The lowest BCUT2D eigenvalue weighted by molar-refractivity contribution is 0.102. The van der Waals surface area contributed by atoms with Crippen LogP contribution in [0.4, 0.5) is 6.01 Å². The van der Waals surface area contributed by atoms with E-state index in [4.69, 9.17) is 39.2 Å². The summed E-state index contributed by atoms with van der Waals surface area (Å²) in [7, 11) is 0. The van der Waals surface area contributed by atoms with Crippen molar-refractivity contribution >= 4 is 58.1 Å². The standard InChI is InChI=1S/C13H6Cl3N3O2S/c14-7-3-1-2-6(4-7)12-18-19-13(21-12)17-11(20)8-5-9(15)22-10(8)16/h1-5H,(H,17,19,20). The normalized spacial score (nSPS) is 10.7. The second-order valence-electron chi connectivity index (χ2n) is 4.11. The molecular weight excluding hydrogens is 369 g/mol. The number of hydrogen-bond acceptors (Lipinski definition) is 5. The smallest absolute Gasteiger partial charge is 0.322 e. The van der Waals surface area contributed by atoms with Gasteiger partial charge in [-0.3, -0.25) is 10.1 Å². The Morgan fingerprint density at radius 1 is 1.18 bits per heavy atom. The molecule has 0 aliphatic heterocycles. The van der Waals surface area contributed by atoms with Crippen molar-refractivity contribution in [1.29, 1.82) is 0 Å². The minimum absolute atomic E-state index is 0.0432. The van der Waals surface area contributed by atoms with Crippen LogP contribution in [0.3, 0.4) is 0 Å². The highest BCUT2D eigenvalue weighted by Crippen LogP contribution is 2.31. The Morgan fingerprint density at radius 2 is 2.00 bits per heavy atom. The van der Waals surface area contributed by atoms with Gasteiger partial charge < -0.3 is 4.42 Å². The molecule has 1 aromatic carbocycles. The molecule has 0 bridgehead atoms. The molecule has 0 atom stereocenters. The van der Waals surface area contributed by atoms with Crippen molar-refractivity contribution in [2.75, 3.05) is 5.32 Å². The fourth-order valence-corrected chi connectivity index (χ4v) is 3.32. The number of benzene rings is 1. The maximum Gasteiger partial charge on any atom is 0.322 e. The van der Waals surface area contributed by atoms with Crippen molar-refractivity contribution in [1.82, 2.24) is 10.2 Å². The van der Waals surface area contributed by atoms with Gasteiger partial charge in [0.05, 0.1) is 9.90 Å². The number of aromatic nitrogens is 2. The van der Waals surface area contributed by atoms with E-state index in [2.05, 4.69) is 15.5 Å². The number of thiophene rings is 1. The summed E-state index contributed by atoms with van der Waals surface area (Å²) in [6, 6.07) is 8.35. The second-order valence-corrected chi connectivity index (χ2v) is 6.84. The first-order chi connectivity index (χ1) is 10.5. The molecule has 1 amide bonds. The van der Waals surface area contributed by atoms with Gasteiger partial charge in [0.1, 0.15) is 4.34 Å². The molecule has 0 unspecified atom stereocenters. The van der Waals surface area contributed by atoms with E-state index in [1.807, 2.05) is 0 Å². The van der Waals surface area contributed by atoms with Gasteiger partial charge in [-0.25, -0.2) is 0 Å². The van der Waals surface area contributed by atoms with Crippen LogP contribution in [-0.4, -0.2) is 16.1 Å². The van der Waals surface area contributed by atoms with Crippen LogP contribution < -0.4 is 5.32 Å². The molecule has 0 aliphatic carbocycles. The third-order valence-corrected chi connectivity index (χ3v) is 4.34. The van der Waals surface area contributed by atoms with E-state index in [0.717, 1.165) is 11.3 Å². The minimum Gasteiger partial charge on any atom is -0.403 e. The summed E-state index contributed by atoms with van der Waals surface area (Å²) in [4.78, 5) is 12.1. The second kappa shape index (κ2) is 6.26. The van der Waals surface area contributed by atoms with Crippen molar-refractivity contribution in [3.8, 4) is 11.5 Å². The number of amides is 1. The molecule has 0 fully saturated rings. The first-order valence-electron chi connectivity index (χ1n) is 5.88. The fraction of sp³-hybridized carbons (Fsp3) is 0. The fourth-order valence-electron chi connectivity index (χ4n) is 1.67. The third kappa shape index (κ3) is 3.25. The highest BCUT2D eigenvalue weighted by Gasteiger charge is 2.17. The summed E-state index contributed by atoms with van der Waals surface area (Å²) in [5, 5.41) is 10.6. The van der Waals surface area contributed by atoms with Crippen LogP contribution >= 0.6 is 46.1 Å². The van der Waals surface area contributed by atoms with Crippen LogP contribution in [0, 0.1) is 0 Å². The molecule has 0 saturated heterocycles. The molecule has 112 valence electrons. The lowest BCUT2D eigenvalue weighted by atomic mass is 10.2. The molecule has 0 aliphatic rings. The minimum atomic E-state index is -0.477. The predicted octanol–water partition coefficient (Wildman–Crippen LogP) is 5.01. The van der Waals surface area contributed by atoms with Crippen LogP contribution in [0.1, 0.15) is 10.4 Å². The van der Waals surface area contributed by atoms with Gasteiger partial charge in [-0.2, -0.15) is 0 Å². The highest BCUT2D eigenvalue weighted by atomic mass is 35.5. The number of carbonyl (C=O) groups excluding carboxylic acids is 1. The first kappa shape index (κ1) is 15.3.